The Hall–Kier alpha value is -5.64. The molecule has 0 bridgehead atoms. The summed E-state index contributed by atoms with van der Waals surface area (Å²) in [5.74, 6) is 0. The van der Waals surface area contributed by atoms with Crippen LogP contribution in [0, 0.1) is 0 Å². The third-order valence-corrected chi connectivity index (χ3v) is 9.80. The first-order chi connectivity index (χ1) is 22.3. The second kappa shape index (κ2) is 10.5. The van der Waals surface area contributed by atoms with Crippen LogP contribution in [0.15, 0.2) is 168 Å². The molecule has 0 aliphatic heterocycles. The van der Waals surface area contributed by atoms with Crippen molar-refractivity contribution in [2.45, 2.75) is 0 Å². The van der Waals surface area contributed by atoms with E-state index in [0.29, 0.717) is 0 Å². The Bertz CT molecular complexity index is 2490. The van der Waals surface area contributed by atoms with Gasteiger partial charge >= 0.3 is 0 Å². The molecule has 7 aromatic carbocycles. The molecule has 2 aromatic heterocycles. The number of para-hydroxylation sites is 1. The largest absolute Gasteiger partial charge is 0.456 e. The number of hydrogen-bond donors (Lipinski definition) is 0. The van der Waals surface area contributed by atoms with Crippen LogP contribution in [0.4, 0.5) is 17.1 Å². The molecular formula is C42H27NOS. The number of nitrogens with zero attached hydrogens (tertiary/aromatic N) is 1. The van der Waals surface area contributed by atoms with E-state index in [1.807, 2.05) is 23.5 Å². The second-order valence-electron chi connectivity index (χ2n) is 11.4. The molecular weight excluding hydrogens is 567 g/mol. The van der Waals surface area contributed by atoms with Gasteiger partial charge in [-0.1, -0.05) is 103 Å². The van der Waals surface area contributed by atoms with Crippen LogP contribution < -0.4 is 4.90 Å². The Kier molecular flexibility index (Phi) is 6.03. The zero-order valence-corrected chi connectivity index (χ0v) is 25.2. The lowest BCUT2D eigenvalue weighted by Crippen LogP contribution is -2.09. The fourth-order valence-corrected chi connectivity index (χ4v) is 7.60. The van der Waals surface area contributed by atoms with Gasteiger partial charge in [-0.25, -0.2) is 0 Å². The predicted molar refractivity (Wildman–Crippen MR) is 192 cm³/mol. The van der Waals surface area contributed by atoms with E-state index in [4.69, 9.17) is 4.42 Å². The quantitative estimate of drug-likeness (QED) is 0.197. The molecule has 0 saturated heterocycles. The van der Waals surface area contributed by atoms with Gasteiger partial charge in [-0.2, -0.15) is 0 Å². The maximum atomic E-state index is 6.11. The van der Waals surface area contributed by atoms with Crippen LogP contribution in [0.5, 0.6) is 0 Å². The third-order valence-electron chi connectivity index (χ3n) is 8.67. The first-order valence-electron chi connectivity index (χ1n) is 15.2. The highest BCUT2D eigenvalue weighted by atomic mass is 32.1. The van der Waals surface area contributed by atoms with Gasteiger partial charge in [-0.05, 0) is 82.9 Å². The van der Waals surface area contributed by atoms with Crippen LogP contribution >= 0.6 is 11.3 Å². The van der Waals surface area contributed by atoms with E-state index < -0.39 is 0 Å². The summed E-state index contributed by atoms with van der Waals surface area (Å²) in [6.45, 7) is 0. The maximum absolute atomic E-state index is 6.11. The Labute approximate surface area is 265 Å². The first kappa shape index (κ1) is 25.8. The molecule has 0 N–H and O–H groups in total. The SMILES string of the molecule is c1ccc(-c2ccc(N(c3cccc(-c4ccc5oc6ccccc6c5c4)c3)c3ccc4c(c3)sc3ccccc34)cc2)cc1. The number of rotatable bonds is 5. The second-order valence-corrected chi connectivity index (χ2v) is 12.5. The zero-order chi connectivity index (χ0) is 29.7. The van der Waals surface area contributed by atoms with E-state index in [9.17, 15) is 0 Å². The summed E-state index contributed by atoms with van der Waals surface area (Å²) in [5.41, 5.74) is 9.92. The molecule has 0 spiro atoms. The maximum Gasteiger partial charge on any atom is 0.135 e. The Balaban J connectivity index is 1.19. The van der Waals surface area contributed by atoms with Crippen LogP contribution in [0.3, 0.4) is 0 Å². The van der Waals surface area contributed by atoms with E-state index in [1.165, 1.54) is 31.3 Å². The normalized spacial score (nSPS) is 11.6. The van der Waals surface area contributed by atoms with Gasteiger partial charge in [0.25, 0.3) is 0 Å². The topological polar surface area (TPSA) is 16.4 Å². The number of hydrogen-bond acceptors (Lipinski definition) is 3. The van der Waals surface area contributed by atoms with Crippen LogP contribution in [0.2, 0.25) is 0 Å². The highest BCUT2D eigenvalue weighted by Crippen LogP contribution is 2.42. The monoisotopic (exact) mass is 593 g/mol. The van der Waals surface area contributed by atoms with Crippen molar-refractivity contribution in [1.29, 1.82) is 0 Å². The summed E-state index contributed by atoms with van der Waals surface area (Å²) in [6.07, 6.45) is 0. The van der Waals surface area contributed by atoms with Crippen molar-refractivity contribution in [3.63, 3.8) is 0 Å². The molecule has 0 atom stereocenters. The number of anilines is 3. The van der Waals surface area contributed by atoms with Crippen molar-refractivity contribution in [1.82, 2.24) is 0 Å². The van der Waals surface area contributed by atoms with Crippen molar-refractivity contribution in [2.75, 3.05) is 4.90 Å². The van der Waals surface area contributed by atoms with Crippen molar-refractivity contribution in [3.05, 3.63) is 164 Å². The highest BCUT2D eigenvalue weighted by Gasteiger charge is 2.16. The van der Waals surface area contributed by atoms with E-state index >= 15 is 0 Å². The van der Waals surface area contributed by atoms with Crippen LogP contribution in [0.25, 0.3) is 64.4 Å². The molecule has 9 rings (SSSR count). The van der Waals surface area contributed by atoms with Crippen molar-refractivity contribution < 1.29 is 4.42 Å². The van der Waals surface area contributed by atoms with E-state index in [2.05, 4.69) is 157 Å². The fraction of sp³-hybridized carbons (Fsp3) is 0. The smallest absolute Gasteiger partial charge is 0.135 e. The molecule has 2 nitrogen and oxygen atoms in total. The molecule has 0 aliphatic rings. The number of fused-ring (bicyclic) bond motifs is 6. The fourth-order valence-electron chi connectivity index (χ4n) is 6.46. The Morgan fingerprint density at radius 1 is 0.356 bits per heavy atom. The number of benzene rings is 7. The molecule has 212 valence electrons. The minimum Gasteiger partial charge on any atom is -0.456 e. The van der Waals surface area contributed by atoms with Crippen LogP contribution in [-0.2, 0) is 0 Å². The standard InChI is InChI=1S/C42H27NOS/c1-2-9-28(10-3-1)29-17-20-32(21-18-29)43(34-22-23-37-36-14-5-7-16-41(36)45-42(37)27-34)33-12-8-11-30(25-33)31-19-24-40-38(26-31)35-13-4-6-15-39(35)44-40/h1-27H. The minimum absolute atomic E-state index is 0.910. The third kappa shape index (κ3) is 4.48. The molecule has 2 heterocycles. The van der Waals surface area contributed by atoms with Gasteiger partial charge in [-0.15, -0.1) is 11.3 Å². The van der Waals surface area contributed by atoms with Crippen molar-refractivity contribution >= 4 is 70.5 Å². The van der Waals surface area contributed by atoms with Crippen molar-refractivity contribution in [3.8, 4) is 22.3 Å². The lowest BCUT2D eigenvalue weighted by molar-refractivity contribution is 0.669. The molecule has 0 aliphatic carbocycles. The Morgan fingerprint density at radius 3 is 1.87 bits per heavy atom. The number of thiophene rings is 1. The van der Waals surface area contributed by atoms with Crippen LogP contribution in [0.1, 0.15) is 0 Å². The van der Waals surface area contributed by atoms with Crippen LogP contribution in [-0.4, -0.2) is 0 Å². The molecule has 9 aromatic rings. The molecule has 3 heteroatoms. The average molecular weight is 594 g/mol. The zero-order valence-electron chi connectivity index (χ0n) is 24.4. The molecule has 0 amide bonds. The van der Waals surface area contributed by atoms with Gasteiger partial charge < -0.3 is 9.32 Å². The lowest BCUT2D eigenvalue weighted by atomic mass is 10.0. The van der Waals surface area contributed by atoms with E-state index in [-0.39, 0.29) is 0 Å². The molecule has 0 radical (unpaired) electrons. The summed E-state index contributed by atoms with van der Waals surface area (Å²) >= 11 is 1.85. The van der Waals surface area contributed by atoms with Gasteiger partial charge in [0.05, 0.1) is 0 Å². The lowest BCUT2D eigenvalue weighted by Gasteiger charge is -2.26. The van der Waals surface area contributed by atoms with E-state index in [1.54, 1.807) is 0 Å². The summed E-state index contributed by atoms with van der Waals surface area (Å²) < 4.78 is 8.71. The highest BCUT2D eigenvalue weighted by molar-refractivity contribution is 7.25. The summed E-state index contributed by atoms with van der Waals surface area (Å²) in [5, 5.41) is 4.89. The van der Waals surface area contributed by atoms with Crippen molar-refractivity contribution in [2.24, 2.45) is 0 Å². The molecule has 45 heavy (non-hydrogen) atoms. The molecule has 0 unspecified atom stereocenters. The summed E-state index contributed by atoms with van der Waals surface area (Å²) in [4.78, 5) is 2.37. The van der Waals surface area contributed by atoms with Gasteiger partial charge in [0.2, 0.25) is 0 Å². The minimum atomic E-state index is 0.910. The van der Waals surface area contributed by atoms with Gasteiger partial charge in [0.15, 0.2) is 0 Å². The predicted octanol–water partition coefficient (Wildman–Crippen LogP) is 12.8. The van der Waals surface area contributed by atoms with E-state index in [0.717, 1.165) is 50.1 Å². The van der Waals surface area contributed by atoms with Gasteiger partial charge in [0, 0.05) is 48.0 Å². The average Bonchev–Trinajstić information content (AvgIpc) is 3.67. The number of furan rings is 1. The van der Waals surface area contributed by atoms with Gasteiger partial charge in [-0.3, -0.25) is 0 Å². The molecule has 0 fully saturated rings. The Morgan fingerprint density at radius 2 is 0.978 bits per heavy atom. The summed E-state index contributed by atoms with van der Waals surface area (Å²) in [7, 11) is 0. The first-order valence-corrected chi connectivity index (χ1v) is 16.0. The van der Waals surface area contributed by atoms with Gasteiger partial charge in [0.1, 0.15) is 11.2 Å². The summed E-state index contributed by atoms with van der Waals surface area (Å²) in [6, 6.07) is 58.6. The molecule has 0 saturated carbocycles.